The first-order valence-electron chi connectivity index (χ1n) is 2.81. The summed E-state index contributed by atoms with van der Waals surface area (Å²) in [5.74, 6) is 0. The van der Waals surface area contributed by atoms with E-state index in [0.29, 0.717) is 24.4 Å². The van der Waals surface area contributed by atoms with E-state index in [9.17, 15) is 0 Å². The fraction of sp³-hybridized carbons (Fsp3) is 1.00. The summed E-state index contributed by atoms with van der Waals surface area (Å²) < 4.78 is 10.9. The van der Waals surface area contributed by atoms with Gasteiger partial charge in [0.15, 0.2) is 0 Å². The van der Waals surface area contributed by atoms with Crippen molar-refractivity contribution in [1.82, 2.24) is 0 Å². The van der Waals surface area contributed by atoms with Gasteiger partial charge in [0.2, 0.25) is 0 Å². The molecule has 1 rings (SSSR count). The van der Waals surface area contributed by atoms with E-state index < -0.39 is 0 Å². The molecule has 1 fully saturated rings. The topological polar surface area (TPSA) is 38.7 Å². The molecule has 1 heterocycles. The molecule has 1 atom stereocenters. The van der Waals surface area contributed by atoms with Gasteiger partial charge in [-0.1, -0.05) is 0 Å². The van der Waals surface area contributed by atoms with Crippen molar-refractivity contribution in [3.63, 3.8) is 0 Å². The minimum atomic E-state index is -0.185. The number of aliphatic hydroxyl groups excluding tert-OH is 1. The van der Waals surface area contributed by atoms with Crippen molar-refractivity contribution >= 4 is 0 Å². The Morgan fingerprint density at radius 1 is 1.56 bits per heavy atom. The van der Waals surface area contributed by atoms with Crippen molar-refractivity contribution in [2.24, 2.45) is 0 Å². The zero-order valence-electron chi connectivity index (χ0n) is 5.05. The van der Waals surface area contributed by atoms with Gasteiger partial charge >= 0.3 is 64.3 Å². The first kappa shape index (κ1) is 7.71. The van der Waals surface area contributed by atoms with Gasteiger partial charge < -0.3 is 0 Å². The monoisotopic (exact) mass is 245 g/mol. The van der Waals surface area contributed by atoms with Crippen LogP contribution in [-0.2, 0) is 9.47 Å². The van der Waals surface area contributed by atoms with Gasteiger partial charge in [0.05, 0.1) is 0 Å². The Labute approximate surface area is 64.6 Å². The van der Waals surface area contributed by atoms with E-state index >= 15 is 0 Å². The predicted octanol–water partition coefficient (Wildman–Crippen LogP) is -3.60. The number of hydrogen-bond donors (Lipinski definition) is 1. The van der Waals surface area contributed by atoms with Gasteiger partial charge in [-0.05, 0) is 0 Å². The molecule has 0 aliphatic carbocycles. The summed E-state index contributed by atoms with van der Waals surface area (Å²) in [5, 5.41) is 8.53. The number of halogens is 1. The van der Waals surface area contributed by atoms with Crippen molar-refractivity contribution in [2.45, 2.75) is 4.11 Å². The molecule has 0 bridgehead atoms. The molecule has 0 radical (unpaired) electrons. The summed E-state index contributed by atoms with van der Waals surface area (Å²) in [7, 11) is 0. The Bertz CT molecular complexity index is 69.8. The number of ether oxygens (including phenoxy) is 2. The van der Waals surface area contributed by atoms with Crippen LogP contribution in [0.1, 0.15) is 0 Å². The fourth-order valence-electron chi connectivity index (χ4n) is 0.625. The van der Waals surface area contributed by atoms with Gasteiger partial charge in [-0.3, -0.25) is 0 Å². The number of hydrogen-bond acceptors (Lipinski definition) is 3. The van der Waals surface area contributed by atoms with Gasteiger partial charge in [0.25, 0.3) is 0 Å². The third kappa shape index (κ3) is 2.79. The molecule has 0 amide bonds. The van der Waals surface area contributed by atoms with Crippen LogP contribution in [0.2, 0.25) is 0 Å². The van der Waals surface area contributed by atoms with E-state index in [0.717, 1.165) is 0 Å². The molecule has 1 N–H and O–H groups in total. The van der Waals surface area contributed by atoms with Crippen molar-refractivity contribution in [2.75, 3.05) is 24.4 Å². The van der Waals surface area contributed by atoms with Crippen LogP contribution in [0.3, 0.4) is 0 Å². The number of alkyl halides is 2. The Morgan fingerprint density at radius 3 is 3.00 bits per heavy atom. The molecule has 4 heteroatoms. The molecular formula is C5H10IO3-. The van der Waals surface area contributed by atoms with Crippen molar-refractivity contribution in [1.29, 1.82) is 0 Å². The van der Waals surface area contributed by atoms with Crippen LogP contribution in [0, 0.1) is 0 Å². The Hall–Kier alpha value is 0.610. The third-order valence-electron chi connectivity index (χ3n) is 1.02. The molecule has 0 unspecified atom stereocenters. The van der Waals surface area contributed by atoms with E-state index in [1.807, 2.05) is 0 Å². The van der Waals surface area contributed by atoms with Crippen LogP contribution >= 0.6 is 0 Å². The van der Waals surface area contributed by atoms with Gasteiger partial charge in [-0.15, -0.1) is 0 Å². The van der Waals surface area contributed by atoms with Crippen LogP contribution in [-0.4, -0.2) is 33.7 Å². The molecule has 9 heavy (non-hydrogen) atoms. The van der Waals surface area contributed by atoms with Crippen molar-refractivity contribution < 1.29 is 35.8 Å². The van der Waals surface area contributed by atoms with E-state index in [4.69, 9.17) is 14.6 Å². The molecule has 3 nitrogen and oxygen atoms in total. The summed E-state index contributed by atoms with van der Waals surface area (Å²) in [6, 6.07) is 0. The molecular weight excluding hydrogens is 235 g/mol. The Balaban J connectivity index is 2.08. The van der Waals surface area contributed by atoms with Crippen LogP contribution in [0.25, 0.3) is 0 Å². The third-order valence-corrected chi connectivity index (χ3v) is 3.11. The van der Waals surface area contributed by atoms with Crippen LogP contribution < -0.4 is 21.2 Å². The summed E-state index contributed by atoms with van der Waals surface area (Å²) in [6.45, 7) is 2.10. The number of rotatable bonds is 2. The molecule has 1 aliphatic heterocycles. The average Bonchev–Trinajstić information content (AvgIpc) is 1.91. The minimum absolute atomic E-state index is 0.185. The van der Waals surface area contributed by atoms with Crippen LogP contribution in [0.15, 0.2) is 0 Å². The van der Waals surface area contributed by atoms with E-state index in [1.165, 1.54) is 0 Å². The second-order valence-electron chi connectivity index (χ2n) is 1.63. The first-order chi connectivity index (χ1) is 4.43. The fourth-order valence-corrected chi connectivity index (χ4v) is 2.08. The number of aliphatic hydroxyl groups is 1. The maximum absolute atomic E-state index is 8.53. The van der Waals surface area contributed by atoms with E-state index in [-0.39, 0.29) is 25.3 Å². The van der Waals surface area contributed by atoms with E-state index in [2.05, 4.69) is 0 Å². The van der Waals surface area contributed by atoms with Gasteiger partial charge in [0, 0.05) is 0 Å². The SMILES string of the molecule is OC[I-][C@H]1COCCO1. The summed E-state index contributed by atoms with van der Waals surface area (Å²) in [4.78, 5) is 0. The van der Waals surface area contributed by atoms with Gasteiger partial charge in [-0.25, -0.2) is 0 Å². The summed E-state index contributed by atoms with van der Waals surface area (Å²) in [6.07, 6.45) is 0. The van der Waals surface area contributed by atoms with Gasteiger partial charge in [0.1, 0.15) is 0 Å². The second kappa shape index (κ2) is 4.43. The van der Waals surface area contributed by atoms with Gasteiger partial charge in [-0.2, -0.15) is 0 Å². The zero-order valence-corrected chi connectivity index (χ0v) is 7.20. The van der Waals surface area contributed by atoms with E-state index in [1.54, 1.807) is 0 Å². The molecule has 1 aliphatic rings. The molecule has 0 aromatic rings. The summed E-state index contributed by atoms with van der Waals surface area (Å²) >= 11 is -0.185. The molecule has 0 saturated carbocycles. The zero-order chi connectivity index (χ0) is 6.53. The standard InChI is InChI=1S/C5H10IO3/c7-4-6-5-3-8-1-2-9-5/h5,7H,1-4H2/q-1/t5-/m1/s1. The quantitative estimate of drug-likeness (QED) is 0.403. The molecule has 1 saturated heterocycles. The predicted molar refractivity (Wildman–Crippen MR) is 27.6 cm³/mol. The maximum atomic E-state index is 8.53. The average molecular weight is 245 g/mol. The van der Waals surface area contributed by atoms with Crippen molar-refractivity contribution in [3.05, 3.63) is 0 Å². The molecule has 56 valence electrons. The first-order valence-corrected chi connectivity index (χ1v) is 5.58. The normalized spacial score (nSPS) is 28.8. The van der Waals surface area contributed by atoms with Crippen molar-refractivity contribution in [3.8, 4) is 0 Å². The van der Waals surface area contributed by atoms with Crippen LogP contribution in [0.5, 0.6) is 0 Å². The Kier molecular flexibility index (Phi) is 3.80. The van der Waals surface area contributed by atoms with Crippen LogP contribution in [0.4, 0.5) is 0 Å². The Morgan fingerprint density at radius 2 is 2.44 bits per heavy atom. The second-order valence-corrected chi connectivity index (χ2v) is 4.58. The molecule has 0 spiro atoms. The molecule has 0 aromatic heterocycles. The molecule has 0 aromatic carbocycles. The summed E-state index contributed by atoms with van der Waals surface area (Å²) in [5.41, 5.74) is 0.